The van der Waals surface area contributed by atoms with Gasteiger partial charge in [0.25, 0.3) is 0 Å². The second-order valence-electron chi connectivity index (χ2n) is 17.2. The Balaban J connectivity index is 1.11. The van der Waals surface area contributed by atoms with Crippen LogP contribution in [0.3, 0.4) is 0 Å². The fraction of sp³-hybridized carbons (Fsp3) is 0.902. The Hall–Kier alpha value is -1.40. The molecular weight excluding hydrogens is 652 g/mol. The Bertz CT molecular complexity index is 1270. The molecular formula is C41H64O10. The highest BCUT2D eigenvalue weighted by Crippen LogP contribution is 2.76. The van der Waals surface area contributed by atoms with E-state index in [9.17, 15) is 4.79 Å². The summed E-state index contributed by atoms with van der Waals surface area (Å²) in [7, 11) is 5.01. The molecule has 6 fully saturated rings. The summed E-state index contributed by atoms with van der Waals surface area (Å²) >= 11 is 0. The predicted octanol–water partition coefficient (Wildman–Crippen LogP) is 6.27. The molecule has 288 valence electrons. The van der Waals surface area contributed by atoms with Crippen LogP contribution in [0.25, 0.3) is 0 Å². The maximum atomic E-state index is 15.0. The van der Waals surface area contributed by atoms with Crippen LogP contribution < -0.4 is 0 Å². The van der Waals surface area contributed by atoms with Crippen molar-refractivity contribution < 1.29 is 47.5 Å². The topological polar surface area (TPSA) is 108 Å². The van der Waals surface area contributed by atoms with E-state index >= 15 is 4.79 Å². The Morgan fingerprint density at radius 3 is 2.29 bits per heavy atom. The quantitative estimate of drug-likeness (QED) is 0.211. The summed E-state index contributed by atoms with van der Waals surface area (Å²) in [5, 5.41) is 0. The molecule has 7 rings (SSSR count). The zero-order valence-electron chi connectivity index (χ0n) is 32.2. The number of esters is 1. The van der Waals surface area contributed by atoms with E-state index in [1.165, 1.54) is 0 Å². The minimum absolute atomic E-state index is 0.0144. The standard InChI is InChI=1S/C41H64O10/c1-9-26-11-10-12-32(51-34-16-13-21(2)23(4)47-34)22(3)39(43)41-20-31(41)35-28(30(41)19-33(42)49-26)15-14-25-17-27(18-29(25)35)50-40-38(46-8)37(45-7)36(44-6)24(5)48-40/h14-15,21-32,34-38,40H,9-13,16-20H2,1-8H3/t21-,22+,23?,24?,25+,26-,27+,28-,29+,30-,31?,32-,34-,35+,36-,37?,38-,40-,41?/m0/s1. The number of ketones is 1. The molecule has 3 heterocycles. The summed E-state index contributed by atoms with van der Waals surface area (Å²) in [6, 6.07) is 0. The molecule has 0 aromatic carbocycles. The number of fused-ring (bicyclic) bond motifs is 5. The average Bonchev–Trinajstić information content (AvgIpc) is 3.62. The lowest BCUT2D eigenvalue weighted by atomic mass is 9.67. The summed E-state index contributed by atoms with van der Waals surface area (Å²) < 4.78 is 49.7. The third kappa shape index (κ3) is 6.91. The van der Waals surface area contributed by atoms with E-state index in [0.717, 1.165) is 57.8 Å². The first-order valence-corrected chi connectivity index (χ1v) is 20.2. The summed E-state index contributed by atoms with van der Waals surface area (Å²) in [6.45, 7) is 10.5. The number of methoxy groups -OCH3 is 3. The molecule has 0 radical (unpaired) electrons. The first-order chi connectivity index (χ1) is 24.5. The monoisotopic (exact) mass is 716 g/mol. The van der Waals surface area contributed by atoms with Gasteiger partial charge in [-0.1, -0.05) is 32.9 Å². The third-order valence-electron chi connectivity index (χ3n) is 14.6. The number of Topliss-reactive ketones (excluding diaryl/α,β-unsaturated/α-hetero) is 1. The van der Waals surface area contributed by atoms with Crippen LogP contribution >= 0.6 is 0 Å². The molecule has 19 atom stereocenters. The molecule has 3 saturated carbocycles. The lowest BCUT2D eigenvalue weighted by Crippen LogP contribution is -2.59. The van der Waals surface area contributed by atoms with Gasteiger partial charge in [-0.15, -0.1) is 0 Å². The largest absolute Gasteiger partial charge is 0.462 e. The number of carbonyl (C=O) groups excluding carboxylic acids is 2. The van der Waals surface area contributed by atoms with Gasteiger partial charge >= 0.3 is 5.97 Å². The number of hydrogen-bond donors (Lipinski definition) is 0. The average molecular weight is 717 g/mol. The summed E-state index contributed by atoms with van der Waals surface area (Å²) in [6.07, 6.45) is 10.4. The molecule has 7 aliphatic rings. The van der Waals surface area contributed by atoms with E-state index < -0.39 is 17.8 Å². The predicted molar refractivity (Wildman–Crippen MR) is 188 cm³/mol. The van der Waals surface area contributed by atoms with Gasteiger partial charge in [-0.25, -0.2) is 0 Å². The molecule has 3 saturated heterocycles. The van der Waals surface area contributed by atoms with Crippen LogP contribution in [-0.4, -0.2) is 94.5 Å². The molecule has 0 amide bonds. The fourth-order valence-electron chi connectivity index (χ4n) is 11.6. The van der Waals surface area contributed by atoms with Crippen LogP contribution in [0.2, 0.25) is 0 Å². The normalized spacial score (nSPS) is 51.4. The van der Waals surface area contributed by atoms with Crippen molar-refractivity contribution >= 4 is 11.8 Å². The van der Waals surface area contributed by atoms with Gasteiger partial charge in [0, 0.05) is 39.1 Å². The van der Waals surface area contributed by atoms with Gasteiger partial charge < -0.3 is 37.9 Å². The maximum Gasteiger partial charge on any atom is 0.306 e. The number of allylic oxidation sites excluding steroid dienone is 2. The number of cyclic esters (lactones) is 1. The van der Waals surface area contributed by atoms with Gasteiger partial charge in [0.2, 0.25) is 0 Å². The van der Waals surface area contributed by atoms with Gasteiger partial charge in [0.05, 0.1) is 24.4 Å². The highest BCUT2D eigenvalue weighted by atomic mass is 16.7. The van der Waals surface area contributed by atoms with E-state index in [1.54, 1.807) is 21.3 Å². The third-order valence-corrected chi connectivity index (χ3v) is 14.6. The van der Waals surface area contributed by atoms with Crippen LogP contribution in [-0.2, 0) is 47.5 Å². The molecule has 10 heteroatoms. The Kier molecular flexibility index (Phi) is 11.4. The zero-order valence-corrected chi connectivity index (χ0v) is 32.2. The van der Waals surface area contributed by atoms with Crippen LogP contribution in [0.4, 0.5) is 0 Å². The number of hydrogen-bond acceptors (Lipinski definition) is 10. The van der Waals surface area contributed by atoms with Gasteiger partial charge in [-0.05, 0) is 113 Å². The molecule has 4 aliphatic carbocycles. The highest BCUT2D eigenvalue weighted by Gasteiger charge is 2.76. The molecule has 10 nitrogen and oxygen atoms in total. The van der Waals surface area contributed by atoms with Crippen LogP contribution in [0.1, 0.15) is 98.8 Å². The van der Waals surface area contributed by atoms with Crippen molar-refractivity contribution in [1.29, 1.82) is 0 Å². The Morgan fingerprint density at radius 1 is 0.824 bits per heavy atom. The Morgan fingerprint density at radius 2 is 1.59 bits per heavy atom. The van der Waals surface area contributed by atoms with Crippen LogP contribution in [0.5, 0.6) is 0 Å². The zero-order chi connectivity index (χ0) is 36.2. The minimum Gasteiger partial charge on any atom is -0.462 e. The van der Waals surface area contributed by atoms with Crippen LogP contribution in [0, 0.1) is 52.8 Å². The number of ether oxygens (including phenoxy) is 8. The minimum atomic E-state index is -0.572. The second-order valence-corrected chi connectivity index (χ2v) is 17.2. The summed E-state index contributed by atoms with van der Waals surface area (Å²) in [5.41, 5.74) is -0.520. The summed E-state index contributed by atoms with van der Waals surface area (Å²) in [5.74, 6) is 1.77. The number of carbonyl (C=O) groups is 2. The molecule has 3 aliphatic heterocycles. The van der Waals surface area contributed by atoms with Crippen molar-refractivity contribution in [3.05, 3.63) is 12.2 Å². The van der Waals surface area contributed by atoms with Gasteiger partial charge in [0.1, 0.15) is 30.2 Å². The van der Waals surface area contributed by atoms with E-state index in [4.69, 9.17) is 37.9 Å². The lowest BCUT2D eigenvalue weighted by Gasteiger charge is -2.44. The molecule has 5 unspecified atom stereocenters. The van der Waals surface area contributed by atoms with Crippen molar-refractivity contribution in [3.63, 3.8) is 0 Å². The van der Waals surface area contributed by atoms with Crippen molar-refractivity contribution in [2.45, 2.75) is 160 Å². The van der Waals surface area contributed by atoms with Gasteiger partial charge in [-0.2, -0.15) is 0 Å². The van der Waals surface area contributed by atoms with Crippen molar-refractivity contribution in [2.75, 3.05) is 21.3 Å². The smallest absolute Gasteiger partial charge is 0.306 e. The fourth-order valence-corrected chi connectivity index (χ4v) is 11.6. The first-order valence-electron chi connectivity index (χ1n) is 20.2. The maximum absolute atomic E-state index is 15.0. The SMILES string of the molecule is CC[C@H]1CCC[C@H](O[C@H]2CC[C@H](C)C(C)O2)[C@@H](C)C(=O)C23CC2[C@@H]2[C@@H](C=C[C@@H]4C[C@@H](O[C@@H]5OC(C)[C@H](OC)C(OC)[C@@H]5OC)C[C@@H]24)[C@@H]3CC(=O)O1. The lowest BCUT2D eigenvalue weighted by molar-refractivity contribution is -0.314. The van der Waals surface area contributed by atoms with E-state index in [-0.39, 0.29) is 84.4 Å². The van der Waals surface area contributed by atoms with E-state index in [2.05, 4.69) is 39.8 Å². The van der Waals surface area contributed by atoms with Crippen molar-refractivity contribution in [3.8, 4) is 0 Å². The summed E-state index contributed by atoms with van der Waals surface area (Å²) in [4.78, 5) is 28.6. The molecule has 0 aromatic heterocycles. The number of rotatable bonds is 8. The molecule has 0 aromatic rings. The Labute approximate surface area is 305 Å². The molecule has 51 heavy (non-hydrogen) atoms. The highest BCUT2D eigenvalue weighted by molar-refractivity contribution is 5.92. The van der Waals surface area contributed by atoms with E-state index in [0.29, 0.717) is 30.1 Å². The van der Waals surface area contributed by atoms with Crippen molar-refractivity contribution in [1.82, 2.24) is 0 Å². The molecule has 0 N–H and O–H groups in total. The van der Waals surface area contributed by atoms with E-state index in [1.807, 2.05) is 6.92 Å². The first kappa shape index (κ1) is 37.9. The van der Waals surface area contributed by atoms with Gasteiger partial charge in [-0.3, -0.25) is 9.59 Å². The van der Waals surface area contributed by atoms with Crippen LogP contribution in [0.15, 0.2) is 12.2 Å². The molecule has 0 bridgehead atoms. The molecule has 1 spiro atoms. The van der Waals surface area contributed by atoms with Gasteiger partial charge in [0.15, 0.2) is 12.6 Å². The van der Waals surface area contributed by atoms with Crippen molar-refractivity contribution in [2.24, 2.45) is 52.8 Å². The second kappa shape index (κ2) is 15.4.